The van der Waals surface area contributed by atoms with Crippen LogP contribution in [0.4, 0.5) is 4.39 Å². The van der Waals surface area contributed by atoms with Gasteiger partial charge in [0.2, 0.25) is 0 Å². The van der Waals surface area contributed by atoms with Gasteiger partial charge in [0.25, 0.3) is 0 Å². The first-order valence-electron chi connectivity index (χ1n) is 2.16. The van der Waals surface area contributed by atoms with Gasteiger partial charge in [-0.05, 0) is 0 Å². The Bertz CT molecular complexity index is 64.7. The topological polar surface area (TPSA) is 12.5 Å². The van der Waals surface area contributed by atoms with E-state index in [9.17, 15) is 4.39 Å². The minimum Gasteiger partial charge on any atom is -0.372 e. The molecule has 1 fully saturated rings. The lowest BCUT2D eigenvalue weighted by atomic mass is 10.4. The maximum absolute atomic E-state index is 11.6. The summed E-state index contributed by atoms with van der Waals surface area (Å²) in [5, 5.41) is 0. The van der Waals surface area contributed by atoms with Crippen LogP contribution in [0.1, 0.15) is 0 Å². The molecule has 1 aliphatic heterocycles. The second kappa shape index (κ2) is 2.09. The number of ether oxygens (including phenoxy) is 1. The van der Waals surface area contributed by atoms with Gasteiger partial charge >= 0.3 is 0 Å². The summed E-state index contributed by atoms with van der Waals surface area (Å²) in [6.07, 6.45) is 0.157. The first kappa shape index (κ1) is 5.51. The molecule has 0 spiro atoms. The molecule has 3 heteroatoms. The Morgan fingerprint density at radius 2 is 2.57 bits per heavy atom. The van der Waals surface area contributed by atoms with Crippen molar-refractivity contribution in [1.29, 1.82) is 0 Å². The van der Waals surface area contributed by atoms with Gasteiger partial charge in [-0.1, -0.05) is 15.9 Å². The van der Waals surface area contributed by atoms with Gasteiger partial charge in [0.1, 0.15) is 6.67 Å². The highest BCUT2D eigenvalue weighted by Crippen LogP contribution is 2.20. The largest absolute Gasteiger partial charge is 0.372 e. The van der Waals surface area contributed by atoms with Crippen molar-refractivity contribution >= 4 is 15.9 Å². The van der Waals surface area contributed by atoms with Crippen molar-refractivity contribution in [3.05, 3.63) is 0 Å². The van der Waals surface area contributed by atoms with Crippen LogP contribution in [-0.4, -0.2) is 24.2 Å². The van der Waals surface area contributed by atoms with Gasteiger partial charge < -0.3 is 4.74 Å². The van der Waals surface area contributed by atoms with Crippen LogP contribution in [0, 0.1) is 0 Å². The summed E-state index contributed by atoms with van der Waals surface area (Å²) in [6, 6.07) is 0. The quantitative estimate of drug-likeness (QED) is 0.445. The molecule has 0 aromatic carbocycles. The monoisotopic (exact) mass is 168 g/mol. The molecule has 42 valence electrons. The van der Waals surface area contributed by atoms with Crippen LogP contribution < -0.4 is 0 Å². The molecule has 0 radical (unpaired) electrons. The van der Waals surface area contributed by atoms with Crippen LogP contribution >= 0.6 is 15.9 Å². The smallest absolute Gasteiger partial charge is 0.105 e. The first-order valence-corrected chi connectivity index (χ1v) is 3.08. The highest BCUT2D eigenvalue weighted by atomic mass is 79.9. The van der Waals surface area contributed by atoms with E-state index in [4.69, 9.17) is 4.74 Å². The lowest BCUT2D eigenvalue weighted by molar-refractivity contribution is 0.373. The fraction of sp³-hybridized carbons (Fsp3) is 1.00. The number of halogens is 2. The average molecular weight is 169 g/mol. The predicted molar refractivity (Wildman–Crippen MR) is 28.4 cm³/mol. The van der Waals surface area contributed by atoms with E-state index in [1.165, 1.54) is 0 Å². The lowest BCUT2D eigenvalue weighted by Crippen LogP contribution is -2.07. The van der Waals surface area contributed by atoms with Crippen molar-refractivity contribution in [3.63, 3.8) is 0 Å². The van der Waals surface area contributed by atoms with Crippen molar-refractivity contribution in [1.82, 2.24) is 0 Å². The Hall–Kier alpha value is 0.370. The maximum Gasteiger partial charge on any atom is 0.105 e. The van der Waals surface area contributed by atoms with Gasteiger partial charge in [0.15, 0.2) is 0 Å². The molecule has 1 aliphatic rings. The molecule has 1 saturated heterocycles. The van der Waals surface area contributed by atoms with Crippen LogP contribution in [0.5, 0.6) is 0 Å². The summed E-state index contributed by atoms with van der Waals surface area (Å²) in [5.41, 5.74) is 0. The third-order valence-corrected chi connectivity index (χ3v) is 1.74. The summed E-state index contributed by atoms with van der Waals surface area (Å²) in [6.45, 7) is 0.393. The minimum absolute atomic E-state index is 0.0625. The molecular weight excluding hydrogens is 163 g/mol. The van der Waals surface area contributed by atoms with Crippen molar-refractivity contribution in [2.45, 2.75) is 10.9 Å². The number of hydrogen-bond donors (Lipinski definition) is 0. The molecule has 0 aromatic rings. The van der Waals surface area contributed by atoms with Crippen LogP contribution in [0.3, 0.4) is 0 Å². The number of alkyl halides is 2. The highest BCUT2D eigenvalue weighted by Gasteiger charge is 2.30. The molecule has 2 atom stereocenters. The molecule has 1 rings (SSSR count). The van der Waals surface area contributed by atoms with Gasteiger partial charge in [-0.15, -0.1) is 0 Å². The van der Waals surface area contributed by atoms with Crippen molar-refractivity contribution in [2.24, 2.45) is 0 Å². The SMILES string of the molecule is FCC(Br)C1CO1. The Morgan fingerprint density at radius 3 is 2.71 bits per heavy atom. The summed E-state index contributed by atoms with van der Waals surface area (Å²) in [5.74, 6) is 0. The highest BCUT2D eigenvalue weighted by molar-refractivity contribution is 9.09. The summed E-state index contributed by atoms with van der Waals surface area (Å²) < 4.78 is 16.3. The van der Waals surface area contributed by atoms with Gasteiger partial charge in [-0.25, -0.2) is 4.39 Å². The van der Waals surface area contributed by atoms with Crippen LogP contribution in [0.15, 0.2) is 0 Å². The fourth-order valence-corrected chi connectivity index (χ4v) is 0.669. The summed E-state index contributed by atoms with van der Waals surface area (Å²) in [7, 11) is 0. The third-order valence-electron chi connectivity index (χ3n) is 0.910. The van der Waals surface area contributed by atoms with Crippen LogP contribution in [0.25, 0.3) is 0 Å². The standard InChI is InChI=1S/C4H6BrFO/c5-3(1-6)4-2-7-4/h3-4H,1-2H2. The lowest BCUT2D eigenvalue weighted by Gasteiger charge is -1.93. The minimum atomic E-state index is -0.329. The fourth-order valence-electron chi connectivity index (χ4n) is 0.364. The normalized spacial score (nSPS) is 32.6. The summed E-state index contributed by atoms with van der Waals surface area (Å²) >= 11 is 3.10. The van der Waals surface area contributed by atoms with E-state index in [2.05, 4.69) is 15.9 Å². The van der Waals surface area contributed by atoms with Crippen molar-refractivity contribution < 1.29 is 9.13 Å². The molecule has 0 amide bonds. The molecule has 0 bridgehead atoms. The van der Waals surface area contributed by atoms with E-state index >= 15 is 0 Å². The van der Waals surface area contributed by atoms with Gasteiger partial charge in [0, 0.05) is 0 Å². The average Bonchev–Trinajstić information content (AvgIpc) is 2.44. The molecule has 0 aliphatic carbocycles. The molecule has 2 unspecified atom stereocenters. The van der Waals surface area contributed by atoms with E-state index in [-0.39, 0.29) is 17.6 Å². The van der Waals surface area contributed by atoms with E-state index < -0.39 is 0 Å². The molecule has 0 saturated carbocycles. The van der Waals surface area contributed by atoms with E-state index in [1.807, 2.05) is 0 Å². The Morgan fingerprint density at radius 1 is 2.00 bits per heavy atom. The molecule has 0 N–H and O–H groups in total. The molecular formula is C4H6BrFO. The second-order valence-corrected chi connectivity index (χ2v) is 2.72. The first-order chi connectivity index (χ1) is 3.34. The van der Waals surface area contributed by atoms with Crippen LogP contribution in [0.2, 0.25) is 0 Å². The van der Waals surface area contributed by atoms with Gasteiger partial charge in [0.05, 0.1) is 17.5 Å². The number of hydrogen-bond acceptors (Lipinski definition) is 1. The van der Waals surface area contributed by atoms with Gasteiger partial charge in [-0.2, -0.15) is 0 Å². The van der Waals surface area contributed by atoms with E-state index in [0.717, 1.165) is 6.61 Å². The van der Waals surface area contributed by atoms with E-state index in [0.29, 0.717) is 0 Å². The van der Waals surface area contributed by atoms with Crippen LogP contribution in [-0.2, 0) is 4.74 Å². The van der Waals surface area contributed by atoms with Gasteiger partial charge in [-0.3, -0.25) is 0 Å². The third kappa shape index (κ3) is 1.39. The Kier molecular flexibility index (Phi) is 1.65. The zero-order valence-corrected chi connectivity index (χ0v) is 5.32. The zero-order valence-electron chi connectivity index (χ0n) is 3.73. The predicted octanol–water partition coefficient (Wildman–Crippen LogP) is 1.12. The molecule has 1 nitrogen and oxygen atoms in total. The summed E-state index contributed by atoms with van der Waals surface area (Å²) in [4.78, 5) is -0.0625. The number of epoxide rings is 1. The Balaban J connectivity index is 2.10. The number of rotatable bonds is 2. The molecule has 7 heavy (non-hydrogen) atoms. The maximum atomic E-state index is 11.6. The molecule has 0 aromatic heterocycles. The zero-order chi connectivity index (χ0) is 5.28. The van der Waals surface area contributed by atoms with E-state index in [1.54, 1.807) is 0 Å². The van der Waals surface area contributed by atoms with Crippen molar-refractivity contribution in [3.8, 4) is 0 Å². The second-order valence-electron chi connectivity index (χ2n) is 1.54. The Labute approximate surface area is 50.0 Å². The molecule has 1 heterocycles. The van der Waals surface area contributed by atoms with Crippen molar-refractivity contribution in [2.75, 3.05) is 13.3 Å².